The van der Waals surface area contributed by atoms with Gasteiger partial charge < -0.3 is 19.9 Å². The lowest BCUT2D eigenvalue weighted by molar-refractivity contribution is -0.0518. The van der Waals surface area contributed by atoms with Gasteiger partial charge in [-0.2, -0.15) is 8.78 Å². The number of aromatic nitrogens is 2. The first-order valence-corrected chi connectivity index (χ1v) is 12.6. The van der Waals surface area contributed by atoms with Crippen LogP contribution in [0.3, 0.4) is 0 Å². The fraction of sp³-hybridized carbons (Fsp3) is 0.208. The van der Waals surface area contributed by atoms with Crippen LogP contribution < -0.4 is 19.5 Å². The molecule has 4 rings (SSSR count). The van der Waals surface area contributed by atoms with Gasteiger partial charge in [0.2, 0.25) is 5.88 Å². The number of benzene rings is 3. The van der Waals surface area contributed by atoms with Gasteiger partial charge in [-0.05, 0) is 42.0 Å². The van der Waals surface area contributed by atoms with E-state index < -0.39 is 39.3 Å². The highest BCUT2D eigenvalue weighted by Crippen LogP contribution is 2.27. The number of rotatable bonds is 12. The number of fused-ring (bicyclic) bond motifs is 1. The molecule has 0 saturated carbocycles. The van der Waals surface area contributed by atoms with Crippen molar-refractivity contribution in [2.75, 3.05) is 24.4 Å². The van der Waals surface area contributed by atoms with Crippen molar-refractivity contribution in [3.63, 3.8) is 0 Å². The molecule has 0 aliphatic heterocycles. The molecule has 0 bridgehead atoms. The molecule has 14 heteroatoms. The largest absolute Gasteiger partial charge is 0.492 e. The van der Waals surface area contributed by atoms with Gasteiger partial charge in [-0.1, -0.05) is 18.2 Å². The summed E-state index contributed by atoms with van der Waals surface area (Å²) in [6.45, 7) is -2.36. The summed E-state index contributed by atoms with van der Waals surface area (Å²) >= 11 is 0. The Balaban J connectivity index is 1.28. The molecule has 0 radical (unpaired) electrons. The molecule has 9 nitrogen and oxygen atoms in total. The molecule has 0 saturated heterocycles. The Kier molecular flexibility index (Phi) is 8.34. The fourth-order valence-electron chi connectivity index (χ4n) is 3.59. The summed E-state index contributed by atoms with van der Waals surface area (Å²) in [6, 6.07) is 13.2. The van der Waals surface area contributed by atoms with E-state index in [1.165, 1.54) is 24.3 Å². The van der Waals surface area contributed by atoms with Gasteiger partial charge >= 0.3 is 6.61 Å². The smallest absolute Gasteiger partial charge is 0.388 e. The quantitative estimate of drug-likeness (QED) is 0.154. The standard InChI is InChI=1S/C24H22F4N4O5S/c25-18-5-2-6-19(26)22(18)38(34,35)32-15-4-1-3-14(11-15)21(33)13-29-9-10-36-16-7-8-17-20(12-16)30-31-23(17)37-24(27)28/h1-8,11-12,21,24,29,32-33H,9-10,13H2,(H,30,31)/t21-/m0/s1. The monoisotopic (exact) mass is 554 g/mol. The van der Waals surface area contributed by atoms with Gasteiger partial charge in [0, 0.05) is 24.8 Å². The normalized spacial score (nSPS) is 12.6. The number of alkyl halides is 2. The van der Waals surface area contributed by atoms with Crippen LogP contribution in [0.2, 0.25) is 0 Å². The Morgan fingerprint density at radius 3 is 2.50 bits per heavy atom. The number of halogens is 4. The number of hydrogen-bond acceptors (Lipinski definition) is 7. The highest BCUT2D eigenvalue weighted by molar-refractivity contribution is 7.92. The molecule has 0 unspecified atom stereocenters. The van der Waals surface area contributed by atoms with Crippen molar-refractivity contribution in [2.45, 2.75) is 17.6 Å². The summed E-state index contributed by atoms with van der Waals surface area (Å²) in [4.78, 5) is -1.10. The average molecular weight is 555 g/mol. The number of ether oxygens (including phenoxy) is 2. The van der Waals surface area contributed by atoms with Crippen LogP contribution in [0, 0.1) is 11.6 Å². The van der Waals surface area contributed by atoms with E-state index in [9.17, 15) is 31.1 Å². The van der Waals surface area contributed by atoms with Crippen molar-refractivity contribution in [3.05, 3.63) is 77.9 Å². The van der Waals surface area contributed by atoms with Gasteiger partial charge in [-0.3, -0.25) is 9.82 Å². The molecule has 1 atom stereocenters. The fourth-order valence-corrected chi connectivity index (χ4v) is 4.78. The number of aromatic amines is 1. The second kappa shape index (κ2) is 11.7. The molecule has 1 aromatic heterocycles. The molecule has 3 aromatic carbocycles. The van der Waals surface area contributed by atoms with Crippen molar-refractivity contribution >= 4 is 26.6 Å². The molecule has 0 aliphatic carbocycles. The van der Waals surface area contributed by atoms with Crippen molar-refractivity contribution in [3.8, 4) is 11.6 Å². The third-order valence-corrected chi connectivity index (χ3v) is 6.73. The number of H-pyrrole nitrogens is 1. The van der Waals surface area contributed by atoms with Crippen LogP contribution in [-0.4, -0.2) is 50.0 Å². The number of aliphatic hydroxyl groups excluding tert-OH is 1. The number of aliphatic hydroxyl groups is 1. The van der Waals surface area contributed by atoms with Crippen LogP contribution >= 0.6 is 0 Å². The van der Waals surface area contributed by atoms with E-state index in [2.05, 4.69) is 25.0 Å². The first-order chi connectivity index (χ1) is 18.1. The maximum atomic E-state index is 13.9. The summed E-state index contributed by atoms with van der Waals surface area (Å²) < 4.78 is 89.7. The summed E-state index contributed by atoms with van der Waals surface area (Å²) in [5, 5.41) is 20.1. The highest BCUT2D eigenvalue weighted by atomic mass is 32.2. The molecule has 0 aliphatic rings. The zero-order valence-corrected chi connectivity index (χ0v) is 20.3. The van der Waals surface area contributed by atoms with E-state index in [0.717, 1.165) is 18.2 Å². The minimum atomic E-state index is -4.55. The Hall–Kier alpha value is -3.88. The third-order valence-electron chi connectivity index (χ3n) is 5.30. The molecule has 202 valence electrons. The second-order valence-corrected chi connectivity index (χ2v) is 9.58. The lowest BCUT2D eigenvalue weighted by Gasteiger charge is -2.15. The number of sulfonamides is 1. The molecule has 38 heavy (non-hydrogen) atoms. The Labute approximate surface area is 214 Å². The maximum Gasteiger partial charge on any atom is 0.388 e. The maximum absolute atomic E-state index is 13.9. The average Bonchev–Trinajstić information content (AvgIpc) is 3.24. The minimum absolute atomic E-state index is 0.0174. The van der Waals surface area contributed by atoms with Crippen molar-refractivity contribution in [1.82, 2.24) is 15.5 Å². The van der Waals surface area contributed by atoms with Crippen LogP contribution in [0.4, 0.5) is 23.2 Å². The van der Waals surface area contributed by atoms with Crippen LogP contribution in [0.15, 0.2) is 65.6 Å². The van der Waals surface area contributed by atoms with Crippen LogP contribution in [0.25, 0.3) is 10.9 Å². The van der Waals surface area contributed by atoms with Gasteiger partial charge in [-0.15, -0.1) is 5.10 Å². The summed E-state index contributed by atoms with van der Waals surface area (Å²) in [7, 11) is -4.55. The Morgan fingerprint density at radius 2 is 1.76 bits per heavy atom. The van der Waals surface area contributed by atoms with Crippen molar-refractivity contribution in [2.24, 2.45) is 0 Å². The number of hydrogen-bond donors (Lipinski definition) is 4. The number of anilines is 1. The lowest BCUT2D eigenvalue weighted by atomic mass is 10.1. The van der Waals surface area contributed by atoms with Gasteiger partial charge in [0.25, 0.3) is 10.0 Å². The van der Waals surface area contributed by atoms with Gasteiger partial charge in [0.15, 0.2) is 4.90 Å². The molecule has 4 N–H and O–H groups in total. The first-order valence-electron chi connectivity index (χ1n) is 11.2. The zero-order chi connectivity index (χ0) is 27.3. The predicted octanol–water partition coefficient (Wildman–Crippen LogP) is 3.95. The first kappa shape index (κ1) is 27.2. The highest BCUT2D eigenvalue weighted by Gasteiger charge is 2.24. The summed E-state index contributed by atoms with van der Waals surface area (Å²) in [6.07, 6.45) is -1.03. The Morgan fingerprint density at radius 1 is 1.03 bits per heavy atom. The van der Waals surface area contributed by atoms with Crippen LogP contribution in [0.1, 0.15) is 11.7 Å². The SMILES string of the molecule is O=S(=O)(Nc1cccc([C@@H](O)CNCCOc2ccc3c(OC(F)F)n[nH]c3c2)c1)c1c(F)cccc1F. The van der Waals surface area contributed by atoms with E-state index in [1.54, 1.807) is 18.2 Å². The van der Waals surface area contributed by atoms with Gasteiger partial charge in [0.1, 0.15) is 24.0 Å². The second-order valence-electron chi connectivity index (χ2n) is 7.96. The third kappa shape index (κ3) is 6.51. The zero-order valence-electron chi connectivity index (χ0n) is 19.5. The van der Waals surface area contributed by atoms with E-state index >= 15 is 0 Å². The molecular formula is C24H22F4N4O5S. The number of nitrogens with zero attached hydrogens (tertiary/aromatic N) is 1. The number of nitrogens with one attached hydrogen (secondary N) is 3. The predicted molar refractivity (Wildman–Crippen MR) is 130 cm³/mol. The van der Waals surface area contributed by atoms with E-state index in [-0.39, 0.29) is 24.7 Å². The van der Waals surface area contributed by atoms with E-state index in [1.807, 2.05) is 0 Å². The van der Waals surface area contributed by atoms with Gasteiger partial charge in [-0.25, -0.2) is 17.2 Å². The van der Waals surface area contributed by atoms with Crippen LogP contribution in [-0.2, 0) is 10.0 Å². The van der Waals surface area contributed by atoms with E-state index in [4.69, 9.17) is 4.74 Å². The molecule has 0 spiro atoms. The summed E-state index contributed by atoms with van der Waals surface area (Å²) in [5.74, 6) is -2.21. The molecule has 0 amide bonds. The topological polar surface area (TPSA) is 126 Å². The molecule has 1 heterocycles. The Bertz CT molecular complexity index is 1500. The van der Waals surface area contributed by atoms with Gasteiger partial charge in [0.05, 0.1) is 17.0 Å². The molecular weight excluding hydrogens is 532 g/mol. The minimum Gasteiger partial charge on any atom is -0.492 e. The van der Waals surface area contributed by atoms with Crippen molar-refractivity contribution in [1.29, 1.82) is 0 Å². The lowest BCUT2D eigenvalue weighted by Crippen LogP contribution is -2.26. The van der Waals surface area contributed by atoms with Crippen molar-refractivity contribution < 1.29 is 40.6 Å². The summed E-state index contributed by atoms with van der Waals surface area (Å²) in [5.41, 5.74) is 0.831. The van der Waals surface area contributed by atoms with Crippen LogP contribution in [0.5, 0.6) is 11.6 Å². The van der Waals surface area contributed by atoms with E-state index in [0.29, 0.717) is 28.8 Å². The molecule has 0 fully saturated rings. The molecule has 4 aromatic rings.